The van der Waals surface area contributed by atoms with Gasteiger partial charge < -0.3 is 21.4 Å². The van der Waals surface area contributed by atoms with Gasteiger partial charge in [-0.1, -0.05) is 6.42 Å². The number of nitrogens with two attached hydrogens (primary N) is 2. The smallest absolute Gasteiger partial charge is 0.250 e. The van der Waals surface area contributed by atoms with Gasteiger partial charge in [0.25, 0.3) is 5.56 Å². The van der Waals surface area contributed by atoms with Gasteiger partial charge in [0.05, 0.1) is 34.6 Å². The number of hydrogen-bond acceptors (Lipinski definition) is 7. The van der Waals surface area contributed by atoms with E-state index in [0.29, 0.717) is 41.9 Å². The van der Waals surface area contributed by atoms with Gasteiger partial charge in [-0.3, -0.25) is 25.0 Å². The molecule has 2 aromatic rings. The fourth-order valence-electron chi connectivity index (χ4n) is 3.68. The summed E-state index contributed by atoms with van der Waals surface area (Å²) in [6.07, 6.45) is 8.11. The molecule has 0 aliphatic heterocycles. The molecule has 3 rings (SSSR count). The average molecular weight is 422 g/mol. The van der Waals surface area contributed by atoms with Crippen molar-refractivity contribution in [2.75, 3.05) is 12.3 Å². The summed E-state index contributed by atoms with van der Waals surface area (Å²) in [4.78, 5) is 32.8. The number of nitrogens with one attached hydrogen (secondary N) is 2. The zero-order chi connectivity index (χ0) is 22.6. The summed E-state index contributed by atoms with van der Waals surface area (Å²) in [6, 6.07) is 4.61. The Morgan fingerprint density at radius 1 is 1.42 bits per heavy atom. The third-order valence-corrected chi connectivity index (χ3v) is 5.77. The van der Waals surface area contributed by atoms with Gasteiger partial charge in [0.15, 0.2) is 0 Å². The first-order valence-corrected chi connectivity index (χ1v) is 10.2. The number of amides is 1. The maximum absolute atomic E-state index is 12.4. The topological polar surface area (TPSA) is 164 Å². The number of rotatable bonds is 9. The SMILES string of the molecule is CCN=CC(C=N)c1cc(C(=N)c2ccc(=O)n(CC3(C(N)=O)CCC3)c2)c(N)cn1. The highest BCUT2D eigenvalue weighted by atomic mass is 16.1. The first kappa shape index (κ1) is 22.1. The second kappa shape index (κ2) is 9.03. The maximum Gasteiger partial charge on any atom is 0.250 e. The average Bonchev–Trinajstić information content (AvgIpc) is 2.72. The molecule has 1 aliphatic carbocycles. The van der Waals surface area contributed by atoms with Crippen LogP contribution in [0, 0.1) is 16.2 Å². The number of nitrogens with zero attached hydrogens (tertiary/aromatic N) is 3. The van der Waals surface area contributed by atoms with Crippen molar-refractivity contribution >= 4 is 29.7 Å². The minimum absolute atomic E-state index is 0.118. The highest BCUT2D eigenvalue weighted by molar-refractivity contribution is 6.13. The summed E-state index contributed by atoms with van der Waals surface area (Å²) < 4.78 is 1.44. The van der Waals surface area contributed by atoms with E-state index in [-0.39, 0.29) is 17.8 Å². The molecular formula is C22H27N7O2. The lowest BCUT2D eigenvalue weighted by molar-refractivity contribution is -0.133. The standard InChI is InChI=1S/C22H27N7O2/c1-2-27-10-15(9-23)18-8-16(17(24)11-28-18)20(25)14-4-5-19(30)29(12-14)13-22(21(26)31)6-3-7-22/h4-5,8-12,15,23,25H,2-3,6-7,13,24H2,1H3,(H2,26,31). The van der Waals surface area contributed by atoms with Crippen LogP contribution in [0.3, 0.4) is 0 Å². The lowest BCUT2D eigenvalue weighted by atomic mass is 9.68. The summed E-state index contributed by atoms with van der Waals surface area (Å²) in [5.41, 5.74) is 12.6. The van der Waals surface area contributed by atoms with E-state index in [1.807, 2.05) is 6.92 Å². The molecule has 1 atom stereocenters. The number of pyridine rings is 2. The van der Waals surface area contributed by atoms with Crippen molar-refractivity contribution in [3.8, 4) is 0 Å². The molecular weight excluding hydrogens is 394 g/mol. The molecule has 31 heavy (non-hydrogen) atoms. The van der Waals surface area contributed by atoms with Crippen LogP contribution in [0.2, 0.25) is 0 Å². The Balaban J connectivity index is 1.95. The number of primary amides is 1. The molecule has 1 amide bonds. The zero-order valence-electron chi connectivity index (χ0n) is 17.5. The molecule has 0 spiro atoms. The number of anilines is 1. The fourth-order valence-corrected chi connectivity index (χ4v) is 3.68. The number of carbonyl (C=O) groups is 1. The lowest BCUT2D eigenvalue weighted by Crippen LogP contribution is -2.47. The summed E-state index contributed by atoms with van der Waals surface area (Å²) in [5, 5.41) is 16.3. The first-order chi connectivity index (χ1) is 14.8. The van der Waals surface area contributed by atoms with Crippen molar-refractivity contribution in [1.82, 2.24) is 9.55 Å². The Hall–Kier alpha value is -3.62. The molecule has 0 radical (unpaired) electrons. The summed E-state index contributed by atoms with van der Waals surface area (Å²) >= 11 is 0. The fraction of sp³-hybridized carbons (Fsp3) is 0.364. The Morgan fingerprint density at radius 3 is 2.74 bits per heavy atom. The molecule has 1 fully saturated rings. The van der Waals surface area contributed by atoms with E-state index >= 15 is 0 Å². The minimum atomic E-state index is -0.705. The van der Waals surface area contributed by atoms with Crippen molar-refractivity contribution in [1.29, 1.82) is 10.8 Å². The quantitative estimate of drug-likeness (QED) is 0.453. The van der Waals surface area contributed by atoms with Gasteiger partial charge in [-0.25, -0.2) is 0 Å². The third kappa shape index (κ3) is 4.45. The largest absolute Gasteiger partial charge is 0.397 e. The normalized spacial score (nSPS) is 15.9. The van der Waals surface area contributed by atoms with Crippen LogP contribution in [0.25, 0.3) is 0 Å². The van der Waals surface area contributed by atoms with Gasteiger partial charge in [-0.2, -0.15) is 0 Å². The van der Waals surface area contributed by atoms with E-state index in [2.05, 4.69) is 9.98 Å². The van der Waals surface area contributed by atoms with Crippen molar-refractivity contribution in [2.24, 2.45) is 16.1 Å². The number of aliphatic imine (C=N–C) groups is 1. The molecule has 1 aliphatic rings. The van der Waals surface area contributed by atoms with E-state index in [0.717, 1.165) is 6.42 Å². The van der Waals surface area contributed by atoms with E-state index in [1.165, 1.54) is 23.0 Å². The summed E-state index contributed by atoms with van der Waals surface area (Å²) in [6.45, 7) is 2.69. The molecule has 0 saturated heterocycles. The van der Waals surface area contributed by atoms with Crippen LogP contribution in [0.5, 0.6) is 0 Å². The molecule has 0 aromatic carbocycles. The zero-order valence-corrected chi connectivity index (χ0v) is 17.5. The van der Waals surface area contributed by atoms with E-state index in [4.69, 9.17) is 22.3 Å². The van der Waals surface area contributed by atoms with E-state index in [9.17, 15) is 9.59 Å². The van der Waals surface area contributed by atoms with Crippen LogP contribution in [-0.4, -0.2) is 40.1 Å². The van der Waals surface area contributed by atoms with Gasteiger partial charge >= 0.3 is 0 Å². The monoisotopic (exact) mass is 421 g/mol. The molecule has 0 bridgehead atoms. The predicted molar refractivity (Wildman–Crippen MR) is 121 cm³/mol. The number of nitrogen functional groups attached to an aromatic ring is 1. The van der Waals surface area contributed by atoms with Gasteiger partial charge in [0.2, 0.25) is 5.91 Å². The number of hydrogen-bond donors (Lipinski definition) is 4. The van der Waals surface area contributed by atoms with Crippen molar-refractivity contribution in [3.63, 3.8) is 0 Å². The highest BCUT2D eigenvalue weighted by Crippen LogP contribution is 2.41. The van der Waals surface area contributed by atoms with Crippen LogP contribution in [-0.2, 0) is 11.3 Å². The molecule has 1 saturated carbocycles. The third-order valence-electron chi connectivity index (χ3n) is 5.77. The molecule has 162 valence electrons. The molecule has 2 heterocycles. The molecule has 2 aromatic heterocycles. The van der Waals surface area contributed by atoms with E-state index in [1.54, 1.807) is 24.5 Å². The highest BCUT2D eigenvalue weighted by Gasteiger charge is 2.43. The van der Waals surface area contributed by atoms with Gasteiger partial charge in [-0.05, 0) is 31.9 Å². The Labute approximate surface area is 180 Å². The second-order valence-corrected chi connectivity index (χ2v) is 7.79. The lowest BCUT2D eigenvalue weighted by Gasteiger charge is -2.39. The van der Waals surface area contributed by atoms with Crippen molar-refractivity contribution < 1.29 is 4.79 Å². The van der Waals surface area contributed by atoms with Gasteiger partial charge in [0, 0.05) is 48.9 Å². The number of carbonyl (C=O) groups excluding carboxylic acids is 1. The van der Waals surface area contributed by atoms with Crippen LogP contribution in [0.15, 0.2) is 40.4 Å². The Morgan fingerprint density at radius 2 is 2.16 bits per heavy atom. The first-order valence-electron chi connectivity index (χ1n) is 10.2. The molecule has 9 heteroatoms. The van der Waals surface area contributed by atoms with Crippen LogP contribution in [0.1, 0.15) is 48.9 Å². The maximum atomic E-state index is 12.4. The van der Waals surface area contributed by atoms with Crippen LogP contribution in [0.4, 0.5) is 5.69 Å². The minimum Gasteiger partial charge on any atom is -0.397 e. The van der Waals surface area contributed by atoms with Crippen molar-refractivity contribution in [3.05, 3.63) is 57.8 Å². The second-order valence-electron chi connectivity index (χ2n) is 7.79. The molecule has 1 unspecified atom stereocenters. The van der Waals surface area contributed by atoms with Crippen molar-refractivity contribution in [2.45, 2.75) is 38.6 Å². The van der Waals surface area contributed by atoms with Gasteiger partial charge in [0.1, 0.15) is 0 Å². The van der Waals surface area contributed by atoms with E-state index < -0.39 is 17.2 Å². The molecule has 6 N–H and O–H groups in total. The summed E-state index contributed by atoms with van der Waals surface area (Å²) in [5.74, 6) is -0.823. The van der Waals surface area contributed by atoms with Gasteiger partial charge in [-0.15, -0.1) is 0 Å². The number of aromatic nitrogens is 2. The Bertz CT molecular complexity index is 1100. The Kier molecular flexibility index (Phi) is 6.43. The summed E-state index contributed by atoms with van der Waals surface area (Å²) in [7, 11) is 0. The van der Waals surface area contributed by atoms with Crippen LogP contribution >= 0.6 is 0 Å². The predicted octanol–water partition coefficient (Wildman–Crippen LogP) is 1.72. The molecule has 9 nitrogen and oxygen atoms in total. The van der Waals surface area contributed by atoms with Crippen LogP contribution < -0.4 is 17.0 Å².